The van der Waals surface area contributed by atoms with Gasteiger partial charge in [-0.1, -0.05) is 46.4 Å². The van der Waals surface area contributed by atoms with Gasteiger partial charge < -0.3 is 5.32 Å². The van der Waals surface area contributed by atoms with E-state index < -0.39 is 11.1 Å². The first-order chi connectivity index (χ1) is 12.1. The van der Waals surface area contributed by atoms with Gasteiger partial charge >= 0.3 is 0 Å². The minimum absolute atomic E-state index is 0.0122. The van der Waals surface area contributed by atoms with Crippen molar-refractivity contribution in [2.24, 2.45) is 0 Å². The molecule has 2 rings (SSSR count). The molecule has 1 N–H and O–H groups in total. The molecule has 0 saturated carbocycles. The summed E-state index contributed by atoms with van der Waals surface area (Å²) in [7, 11) is 0. The predicted octanol–water partition coefficient (Wildman–Crippen LogP) is 5.68. The first-order valence-electron chi connectivity index (χ1n) is 6.99. The van der Waals surface area contributed by atoms with Gasteiger partial charge in [-0.25, -0.2) is 0 Å². The molecule has 0 atom stereocenters. The monoisotopic (exact) mass is 453 g/mol. The molecule has 0 aromatic heterocycles. The van der Waals surface area contributed by atoms with Crippen LogP contribution in [0.2, 0.25) is 20.1 Å². The second-order valence-electron chi connectivity index (χ2n) is 4.91. The number of ketones is 1. The third kappa shape index (κ3) is 7.52. The maximum absolute atomic E-state index is 11.5. The van der Waals surface area contributed by atoms with E-state index in [-0.39, 0.29) is 23.5 Å². The predicted molar refractivity (Wildman–Crippen MR) is 106 cm³/mol. The molecule has 0 aliphatic heterocycles. The lowest BCUT2D eigenvalue weighted by Gasteiger charge is -2.05. The molecular formula is C17H12Cl5NO3. The summed E-state index contributed by atoms with van der Waals surface area (Å²) in [5.41, 5.74) is 0.506. The molecule has 9 heteroatoms. The highest BCUT2D eigenvalue weighted by Gasteiger charge is 2.10. The number of rotatable bonds is 4. The molecule has 26 heavy (non-hydrogen) atoms. The summed E-state index contributed by atoms with van der Waals surface area (Å²) in [6.45, 7) is 1.38. The van der Waals surface area contributed by atoms with Gasteiger partial charge in [-0.15, -0.1) is 0 Å². The minimum Gasteiger partial charge on any atom is -0.345 e. The number of amides is 1. The van der Waals surface area contributed by atoms with E-state index in [9.17, 15) is 14.4 Å². The average molecular weight is 456 g/mol. The Balaban J connectivity index is 0.000000273. The SMILES string of the molecule is CC(=O)CNC(=O)c1cc(Cl)ccc1Cl.O=C(Cl)c1cc(Cl)ccc1Cl. The van der Waals surface area contributed by atoms with Gasteiger partial charge in [0.25, 0.3) is 11.1 Å². The minimum atomic E-state index is -0.600. The van der Waals surface area contributed by atoms with E-state index in [1.165, 1.54) is 31.2 Å². The molecule has 1 amide bonds. The zero-order valence-electron chi connectivity index (χ0n) is 13.3. The van der Waals surface area contributed by atoms with Crippen LogP contribution >= 0.6 is 58.0 Å². The lowest BCUT2D eigenvalue weighted by atomic mass is 10.2. The summed E-state index contributed by atoms with van der Waals surface area (Å²) in [5.74, 6) is -0.529. The highest BCUT2D eigenvalue weighted by molar-refractivity contribution is 6.68. The number of hydrogen-bond donors (Lipinski definition) is 1. The van der Waals surface area contributed by atoms with Gasteiger partial charge in [-0.3, -0.25) is 14.4 Å². The molecular weight excluding hydrogens is 443 g/mol. The van der Waals surface area contributed by atoms with Gasteiger partial charge in [-0.2, -0.15) is 0 Å². The van der Waals surface area contributed by atoms with Crippen LogP contribution in [0.5, 0.6) is 0 Å². The Labute approximate surface area is 175 Å². The molecule has 0 unspecified atom stereocenters. The summed E-state index contributed by atoms with van der Waals surface area (Å²) in [6, 6.07) is 9.13. The van der Waals surface area contributed by atoms with Crippen LogP contribution in [0.25, 0.3) is 0 Å². The van der Waals surface area contributed by atoms with Crippen LogP contribution in [0, 0.1) is 0 Å². The van der Waals surface area contributed by atoms with E-state index in [0.717, 1.165) is 0 Å². The standard InChI is InChI=1S/C10H9Cl2NO2.C7H3Cl3O/c1-6(14)5-13-10(15)8-4-7(11)2-3-9(8)12;8-4-1-2-6(9)5(3-4)7(10)11/h2-4H,5H2,1H3,(H,13,15);1-3H. The molecule has 0 radical (unpaired) electrons. The Morgan fingerprint density at radius 3 is 1.73 bits per heavy atom. The van der Waals surface area contributed by atoms with Crippen LogP contribution in [0.4, 0.5) is 0 Å². The molecule has 0 saturated heterocycles. The second kappa shape index (κ2) is 10.8. The summed E-state index contributed by atoms with van der Waals surface area (Å²) < 4.78 is 0. The third-order valence-corrected chi connectivity index (χ3v) is 4.14. The number of carbonyl (C=O) groups excluding carboxylic acids is 3. The van der Waals surface area contributed by atoms with Crippen molar-refractivity contribution < 1.29 is 14.4 Å². The van der Waals surface area contributed by atoms with Crippen molar-refractivity contribution in [2.45, 2.75) is 6.92 Å². The van der Waals surface area contributed by atoms with Crippen LogP contribution in [0.3, 0.4) is 0 Å². The van der Waals surface area contributed by atoms with Gasteiger partial charge in [0, 0.05) is 10.0 Å². The van der Waals surface area contributed by atoms with Crippen molar-refractivity contribution in [3.05, 3.63) is 67.6 Å². The van der Waals surface area contributed by atoms with Crippen LogP contribution in [-0.2, 0) is 4.79 Å². The smallest absolute Gasteiger partial charge is 0.253 e. The average Bonchev–Trinajstić information content (AvgIpc) is 2.57. The van der Waals surface area contributed by atoms with E-state index in [1.807, 2.05) is 0 Å². The Kier molecular flexibility index (Phi) is 9.41. The molecule has 4 nitrogen and oxygen atoms in total. The molecule has 0 aliphatic rings. The van der Waals surface area contributed by atoms with Crippen molar-refractivity contribution >= 4 is 74.9 Å². The zero-order chi connectivity index (χ0) is 19.9. The largest absolute Gasteiger partial charge is 0.345 e. The van der Waals surface area contributed by atoms with Gasteiger partial charge in [0.05, 0.1) is 27.7 Å². The number of benzene rings is 2. The van der Waals surface area contributed by atoms with Gasteiger partial charge in [0.2, 0.25) is 0 Å². The summed E-state index contributed by atoms with van der Waals surface area (Å²) >= 11 is 27.9. The second-order valence-corrected chi connectivity index (χ2v) is 6.94. The third-order valence-electron chi connectivity index (χ3n) is 2.81. The fourth-order valence-corrected chi connectivity index (χ4v) is 2.58. The van der Waals surface area contributed by atoms with Crippen LogP contribution < -0.4 is 5.32 Å². The van der Waals surface area contributed by atoms with E-state index in [2.05, 4.69) is 5.32 Å². The van der Waals surface area contributed by atoms with Crippen molar-refractivity contribution in [1.29, 1.82) is 0 Å². The number of nitrogens with one attached hydrogen (secondary N) is 1. The molecule has 2 aromatic rings. The topological polar surface area (TPSA) is 63.2 Å². The normalized spacial score (nSPS) is 9.77. The summed E-state index contributed by atoms with van der Waals surface area (Å²) in [6.07, 6.45) is 0. The first-order valence-corrected chi connectivity index (χ1v) is 8.88. The van der Waals surface area contributed by atoms with Gasteiger partial charge in [0.1, 0.15) is 5.78 Å². The van der Waals surface area contributed by atoms with E-state index in [1.54, 1.807) is 12.1 Å². The number of hydrogen-bond acceptors (Lipinski definition) is 3. The zero-order valence-corrected chi connectivity index (χ0v) is 17.1. The summed E-state index contributed by atoms with van der Waals surface area (Å²) in [4.78, 5) is 32.8. The fraction of sp³-hybridized carbons (Fsp3) is 0.118. The van der Waals surface area contributed by atoms with Crippen molar-refractivity contribution in [2.75, 3.05) is 6.54 Å². The number of halogens is 5. The van der Waals surface area contributed by atoms with Crippen molar-refractivity contribution in [1.82, 2.24) is 5.32 Å². The molecule has 0 fully saturated rings. The summed E-state index contributed by atoms with van der Waals surface area (Å²) in [5, 5.41) is 3.32. The Morgan fingerprint density at radius 2 is 1.31 bits per heavy atom. The first kappa shape index (κ1) is 22.7. The maximum Gasteiger partial charge on any atom is 0.253 e. The molecule has 0 heterocycles. The van der Waals surface area contributed by atoms with Gasteiger partial charge in [0.15, 0.2) is 0 Å². The molecule has 2 aromatic carbocycles. The van der Waals surface area contributed by atoms with E-state index in [4.69, 9.17) is 58.0 Å². The quantitative estimate of drug-likeness (QED) is 0.603. The molecule has 0 aliphatic carbocycles. The number of carbonyl (C=O) groups is 3. The van der Waals surface area contributed by atoms with Crippen molar-refractivity contribution in [3.8, 4) is 0 Å². The van der Waals surface area contributed by atoms with Gasteiger partial charge in [-0.05, 0) is 54.9 Å². The fourth-order valence-electron chi connectivity index (χ4n) is 1.62. The molecule has 0 bridgehead atoms. The molecule has 0 spiro atoms. The lowest BCUT2D eigenvalue weighted by molar-refractivity contribution is -0.116. The van der Waals surface area contributed by atoms with Crippen LogP contribution in [0.15, 0.2) is 36.4 Å². The Hall–Kier alpha value is -1.30. The van der Waals surface area contributed by atoms with Crippen molar-refractivity contribution in [3.63, 3.8) is 0 Å². The Bertz CT molecular complexity index is 839. The highest BCUT2D eigenvalue weighted by Crippen LogP contribution is 2.22. The highest BCUT2D eigenvalue weighted by atomic mass is 35.5. The lowest BCUT2D eigenvalue weighted by Crippen LogP contribution is -2.28. The number of Topliss-reactive ketones (excluding diaryl/α,β-unsaturated/α-hetero) is 1. The Morgan fingerprint density at radius 1 is 0.846 bits per heavy atom. The maximum atomic E-state index is 11.5. The molecule has 138 valence electrons. The van der Waals surface area contributed by atoms with Crippen LogP contribution in [0.1, 0.15) is 27.6 Å². The van der Waals surface area contributed by atoms with E-state index in [0.29, 0.717) is 20.1 Å². The van der Waals surface area contributed by atoms with E-state index >= 15 is 0 Å². The van der Waals surface area contributed by atoms with Crippen LogP contribution in [-0.4, -0.2) is 23.5 Å².